The number of carbonyl (C=O) groups is 1. The predicted molar refractivity (Wildman–Crippen MR) is 126 cm³/mol. The van der Waals surface area contributed by atoms with E-state index in [1.54, 1.807) is 13.2 Å². The molecule has 1 fully saturated rings. The third-order valence-corrected chi connectivity index (χ3v) is 6.67. The molecular weight excluding hydrogens is 382 g/mol. The van der Waals surface area contributed by atoms with Crippen LogP contribution in [0.4, 0.5) is 0 Å². The van der Waals surface area contributed by atoms with E-state index in [-0.39, 0.29) is 11.3 Å². The minimum Gasteiger partial charge on any atom is -0.359 e. The Morgan fingerprint density at radius 3 is 2.39 bits per heavy atom. The van der Waals surface area contributed by atoms with Crippen molar-refractivity contribution in [3.05, 3.63) is 89.7 Å². The lowest BCUT2D eigenvalue weighted by atomic mass is 9.72. The Morgan fingerprint density at radius 2 is 1.74 bits per heavy atom. The third kappa shape index (κ3) is 4.86. The molecule has 160 valence electrons. The number of rotatable bonds is 6. The van der Waals surface area contributed by atoms with Gasteiger partial charge in [0.25, 0.3) is 0 Å². The monoisotopic (exact) mass is 413 g/mol. The maximum absolute atomic E-state index is 13.0. The van der Waals surface area contributed by atoms with Crippen LogP contribution in [0, 0.1) is 12.3 Å². The number of likely N-dealkylation sites (tertiary alicyclic amines) is 1. The van der Waals surface area contributed by atoms with Gasteiger partial charge in [0.15, 0.2) is 0 Å². The van der Waals surface area contributed by atoms with Crippen molar-refractivity contribution in [3.63, 3.8) is 0 Å². The highest BCUT2D eigenvalue weighted by molar-refractivity contribution is 5.83. The second-order valence-corrected chi connectivity index (χ2v) is 8.68. The summed E-state index contributed by atoms with van der Waals surface area (Å²) >= 11 is 0. The van der Waals surface area contributed by atoms with Gasteiger partial charge in [0.2, 0.25) is 5.91 Å². The zero-order valence-electron chi connectivity index (χ0n) is 18.5. The smallest absolute Gasteiger partial charge is 0.226 e. The molecule has 2 aromatic carbocycles. The molecule has 1 aliphatic rings. The van der Waals surface area contributed by atoms with E-state index in [2.05, 4.69) is 76.7 Å². The molecule has 1 amide bonds. The number of benzene rings is 2. The van der Waals surface area contributed by atoms with Gasteiger partial charge in [-0.3, -0.25) is 14.7 Å². The fraction of sp³-hybridized carbons (Fsp3) is 0.333. The van der Waals surface area contributed by atoms with Crippen molar-refractivity contribution >= 4 is 5.91 Å². The highest BCUT2D eigenvalue weighted by atomic mass is 16.2. The number of hydrogen-bond acceptors (Lipinski definition) is 3. The molecule has 31 heavy (non-hydrogen) atoms. The van der Waals surface area contributed by atoms with Crippen LogP contribution in [0.15, 0.2) is 73.1 Å². The number of nitrogens with one attached hydrogen (secondary N) is 1. The van der Waals surface area contributed by atoms with Crippen LogP contribution in [-0.4, -0.2) is 35.9 Å². The van der Waals surface area contributed by atoms with Crippen LogP contribution in [0.1, 0.15) is 29.5 Å². The van der Waals surface area contributed by atoms with Gasteiger partial charge in [-0.25, -0.2) is 0 Å². The molecule has 0 atom stereocenters. The highest BCUT2D eigenvalue weighted by Crippen LogP contribution is 2.36. The number of carbonyl (C=O) groups excluding carboxylic acids is 1. The minimum atomic E-state index is -0.340. The van der Waals surface area contributed by atoms with Gasteiger partial charge in [-0.2, -0.15) is 0 Å². The number of hydrogen-bond donors (Lipinski definition) is 1. The molecule has 1 N–H and O–H groups in total. The Labute approximate surface area is 185 Å². The standard InChI is InChI=1S/C27H31N3O/c1-21-6-3-4-7-25(21)20-30-16-13-27(14-17-30,26(31)28-2)18-22-9-11-23(12-10-22)24-8-5-15-29-19-24/h3-12,15,19H,13-14,16-18,20H2,1-2H3,(H,28,31). The van der Waals surface area contributed by atoms with E-state index in [9.17, 15) is 4.79 Å². The first-order valence-electron chi connectivity index (χ1n) is 11.1. The third-order valence-electron chi connectivity index (χ3n) is 6.67. The van der Waals surface area contributed by atoms with Crippen molar-refractivity contribution in [1.82, 2.24) is 15.2 Å². The molecule has 1 saturated heterocycles. The molecule has 0 unspecified atom stereocenters. The topological polar surface area (TPSA) is 45.2 Å². The average Bonchev–Trinajstić information content (AvgIpc) is 2.82. The summed E-state index contributed by atoms with van der Waals surface area (Å²) in [6.07, 6.45) is 6.20. The molecule has 0 radical (unpaired) electrons. The van der Waals surface area contributed by atoms with Crippen molar-refractivity contribution in [1.29, 1.82) is 0 Å². The molecule has 0 bridgehead atoms. The first-order valence-corrected chi connectivity index (χ1v) is 11.1. The lowest BCUT2D eigenvalue weighted by Crippen LogP contribution is -2.49. The second kappa shape index (κ2) is 9.44. The maximum atomic E-state index is 13.0. The van der Waals surface area contributed by atoms with E-state index in [0.717, 1.165) is 50.0 Å². The predicted octanol–water partition coefficient (Wildman–Crippen LogP) is 4.63. The van der Waals surface area contributed by atoms with Gasteiger partial charge in [-0.15, -0.1) is 0 Å². The van der Waals surface area contributed by atoms with Crippen LogP contribution in [0.3, 0.4) is 0 Å². The molecular formula is C27H31N3O. The van der Waals surface area contributed by atoms with Crippen LogP contribution >= 0.6 is 0 Å². The van der Waals surface area contributed by atoms with Crippen molar-refractivity contribution in [2.75, 3.05) is 20.1 Å². The van der Waals surface area contributed by atoms with Gasteiger partial charge >= 0.3 is 0 Å². The second-order valence-electron chi connectivity index (χ2n) is 8.68. The maximum Gasteiger partial charge on any atom is 0.226 e. The highest BCUT2D eigenvalue weighted by Gasteiger charge is 2.40. The molecule has 3 aromatic rings. The zero-order chi connectivity index (χ0) is 21.7. The number of aromatic nitrogens is 1. The van der Waals surface area contributed by atoms with Crippen LogP contribution in [0.25, 0.3) is 11.1 Å². The van der Waals surface area contributed by atoms with Gasteiger partial charge in [0.1, 0.15) is 0 Å². The molecule has 4 nitrogen and oxygen atoms in total. The molecule has 0 spiro atoms. The van der Waals surface area contributed by atoms with Gasteiger partial charge in [-0.1, -0.05) is 54.6 Å². The summed E-state index contributed by atoms with van der Waals surface area (Å²) in [7, 11) is 1.76. The summed E-state index contributed by atoms with van der Waals surface area (Å²) in [5.41, 5.74) is 5.84. The number of amides is 1. The number of piperidine rings is 1. The van der Waals surface area contributed by atoms with E-state index < -0.39 is 0 Å². The summed E-state index contributed by atoms with van der Waals surface area (Å²) < 4.78 is 0. The molecule has 1 aromatic heterocycles. The van der Waals surface area contributed by atoms with E-state index in [0.29, 0.717) is 0 Å². The fourth-order valence-corrected chi connectivity index (χ4v) is 4.66. The fourth-order valence-electron chi connectivity index (χ4n) is 4.66. The van der Waals surface area contributed by atoms with Crippen LogP contribution in [0.5, 0.6) is 0 Å². The summed E-state index contributed by atoms with van der Waals surface area (Å²) in [6, 6.07) is 21.2. The first-order chi connectivity index (χ1) is 15.1. The summed E-state index contributed by atoms with van der Waals surface area (Å²) in [6.45, 7) is 5.00. The average molecular weight is 414 g/mol. The SMILES string of the molecule is CNC(=O)C1(Cc2ccc(-c3cccnc3)cc2)CCN(Cc2ccccc2C)CC1. The van der Waals surface area contributed by atoms with Gasteiger partial charge in [0.05, 0.1) is 5.41 Å². The Bertz CT molecular complexity index is 1010. The summed E-state index contributed by atoms with van der Waals surface area (Å²) in [4.78, 5) is 19.7. The summed E-state index contributed by atoms with van der Waals surface area (Å²) in [5.74, 6) is 0.166. The Morgan fingerprint density at radius 1 is 1.00 bits per heavy atom. The summed E-state index contributed by atoms with van der Waals surface area (Å²) in [5, 5.41) is 2.94. The van der Waals surface area contributed by atoms with Crippen molar-refractivity contribution < 1.29 is 4.79 Å². The Hall–Kier alpha value is -2.98. The van der Waals surface area contributed by atoms with E-state index in [1.165, 1.54) is 16.7 Å². The molecule has 2 heterocycles. The van der Waals surface area contributed by atoms with Gasteiger partial charge in [0, 0.05) is 26.0 Å². The Kier molecular flexibility index (Phi) is 6.47. The quantitative estimate of drug-likeness (QED) is 0.641. The largest absolute Gasteiger partial charge is 0.359 e. The molecule has 0 aliphatic carbocycles. The van der Waals surface area contributed by atoms with Crippen molar-refractivity contribution in [2.24, 2.45) is 5.41 Å². The lowest BCUT2D eigenvalue weighted by molar-refractivity contribution is -0.133. The normalized spacial score (nSPS) is 16.1. The van der Waals surface area contributed by atoms with Crippen molar-refractivity contribution in [3.8, 4) is 11.1 Å². The van der Waals surface area contributed by atoms with Gasteiger partial charge < -0.3 is 5.32 Å². The Balaban J connectivity index is 1.45. The molecule has 0 saturated carbocycles. The number of pyridine rings is 1. The number of nitrogens with zero attached hydrogens (tertiary/aromatic N) is 2. The lowest BCUT2D eigenvalue weighted by Gasteiger charge is -2.40. The van der Waals surface area contributed by atoms with E-state index in [4.69, 9.17) is 0 Å². The molecule has 4 heteroatoms. The van der Waals surface area contributed by atoms with E-state index in [1.807, 2.05) is 12.3 Å². The van der Waals surface area contributed by atoms with Crippen LogP contribution in [0.2, 0.25) is 0 Å². The molecule has 1 aliphatic heterocycles. The van der Waals surface area contributed by atoms with Crippen LogP contribution in [-0.2, 0) is 17.8 Å². The van der Waals surface area contributed by atoms with Crippen molar-refractivity contribution in [2.45, 2.75) is 32.7 Å². The molecule has 4 rings (SSSR count). The van der Waals surface area contributed by atoms with Crippen LogP contribution < -0.4 is 5.32 Å². The first kappa shape index (κ1) is 21.3. The number of aryl methyl sites for hydroxylation is 1. The van der Waals surface area contributed by atoms with Gasteiger partial charge in [-0.05, 0) is 73.2 Å². The zero-order valence-corrected chi connectivity index (χ0v) is 18.5. The minimum absolute atomic E-state index is 0.166. The van der Waals surface area contributed by atoms with E-state index >= 15 is 0 Å².